The van der Waals surface area contributed by atoms with Gasteiger partial charge in [-0.1, -0.05) is 0 Å². The Morgan fingerprint density at radius 2 is 1.90 bits per heavy atom. The summed E-state index contributed by atoms with van der Waals surface area (Å²) in [6.45, 7) is 0.0808. The van der Waals surface area contributed by atoms with Crippen LogP contribution >= 0.6 is 0 Å². The highest BCUT2D eigenvalue weighted by molar-refractivity contribution is 6.30. The van der Waals surface area contributed by atoms with Crippen molar-refractivity contribution in [3.8, 4) is 5.75 Å². The molecule has 0 saturated carbocycles. The quantitative estimate of drug-likeness (QED) is 0.386. The first-order chi connectivity index (χ1) is 14.4. The second kappa shape index (κ2) is 6.78. The number of ether oxygens (including phenoxy) is 2. The summed E-state index contributed by atoms with van der Waals surface area (Å²) in [5.41, 5.74) is 8.34. The number of hydrogen-bond acceptors (Lipinski definition) is 7. The molecule has 0 bridgehead atoms. The van der Waals surface area contributed by atoms with E-state index < -0.39 is 36.2 Å². The highest BCUT2D eigenvalue weighted by atomic mass is 16.5. The highest BCUT2D eigenvalue weighted by Crippen LogP contribution is 2.38. The van der Waals surface area contributed by atoms with Crippen LogP contribution in [0.2, 0.25) is 0 Å². The molecule has 2 aliphatic rings. The van der Waals surface area contributed by atoms with Gasteiger partial charge in [0.1, 0.15) is 18.0 Å². The third kappa shape index (κ3) is 2.63. The molecule has 0 spiro atoms. The Bertz CT molecular complexity index is 1200. The average molecular weight is 411 g/mol. The van der Waals surface area contributed by atoms with Crippen LogP contribution in [-0.2, 0) is 11.2 Å². The fraction of sp³-hybridized carbons (Fsp3) is 0.333. The predicted molar refractivity (Wildman–Crippen MR) is 108 cm³/mol. The fourth-order valence-corrected chi connectivity index (χ4v) is 4.47. The van der Waals surface area contributed by atoms with Crippen LogP contribution < -0.4 is 15.8 Å². The van der Waals surface area contributed by atoms with Crippen molar-refractivity contribution in [3.63, 3.8) is 0 Å². The molecule has 156 valence electrons. The van der Waals surface area contributed by atoms with Gasteiger partial charge in [0.25, 0.3) is 11.8 Å². The van der Waals surface area contributed by atoms with E-state index in [1.165, 1.54) is 0 Å². The highest BCUT2D eigenvalue weighted by Gasteiger charge is 2.42. The smallest absolute Gasteiger partial charge is 0.259 e. The standard InChI is InChI=1S/C21H21N3O6/c1-29-9-2-3-12-10(6-9)15-16-11(20(27)24-21(16)28)4-8(17(15)23-12)5-13-18(25)19(26)14(7-22)30-13/h2-4,6,13-14,18-19,23,25-26H,5,7,22H2,1H3,(H,24,27,28)/t13-,14+,18-,19+/m0/s1. The summed E-state index contributed by atoms with van der Waals surface area (Å²) in [6, 6.07) is 7.09. The normalized spacial score (nSPS) is 25.9. The second-order valence-electron chi connectivity index (χ2n) is 7.66. The molecule has 0 radical (unpaired) electrons. The summed E-state index contributed by atoms with van der Waals surface area (Å²) in [4.78, 5) is 28.2. The zero-order valence-electron chi connectivity index (χ0n) is 16.1. The molecule has 5 rings (SSSR count). The van der Waals surface area contributed by atoms with Gasteiger partial charge < -0.3 is 30.4 Å². The van der Waals surface area contributed by atoms with Crippen molar-refractivity contribution in [2.45, 2.75) is 30.8 Å². The molecule has 6 N–H and O–H groups in total. The number of hydrogen-bond donors (Lipinski definition) is 5. The fourth-order valence-electron chi connectivity index (χ4n) is 4.47. The maximum Gasteiger partial charge on any atom is 0.259 e. The number of benzene rings is 2. The van der Waals surface area contributed by atoms with Crippen LogP contribution in [0.1, 0.15) is 26.3 Å². The number of aromatic nitrogens is 1. The van der Waals surface area contributed by atoms with Crippen LogP contribution in [0.3, 0.4) is 0 Å². The van der Waals surface area contributed by atoms with Gasteiger partial charge in [0, 0.05) is 29.3 Å². The monoisotopic (exact) mass is 411 g/mol. The number of aliphatic hydroxyl groups excluding tert-OH is 2. The molecule has 2 aliphatic heterocycles. The molecule has 0 aliphatic carbocycles. The molecule has 9 heteroatoms. The van der Waals surface area contributed by atoms with Gasteiger partial charge in [-0.05, 0) is 29.8 Å². The van der Waals surface area contributed by atoms with Crippen molar-refractivity contribution < 1.29 is 29.3 Å². The van der Waals surface area contributed by atoms with E-state index in [2.05, 4.69) is 10.3 Å². The molecule has 2 amide bonds. The number of carbonyl (C=O) groups excluding carboxylic acids is 2. The van der Waals surface area contributed by atoms with Crippen molar-refractivity contribution in [2.24, 2.45) is 5.73 Å². The van der Waals surface area contributed by atoms with E-state index in [9.17, 15) is 19.8 Å². The number of aromatic amines is 1. The molecule has 30 heavy (non-hydrogen) atoms. The first-order valence-corrected chi connectivity index (χ1v) is 9.65. The van der Waals surface area contributed by atoms with Crippen LogP contribution in [0.15, 0.2) is 24.3 Å². The second-order valence-corrected chi connectivity index (χ2v) is 7.66. The first kappa shape index (κ1) is 19.0. The Kier molecular flexibility index (Phi) is 4.30. The minimum atomic E-state index is -1.11. The summed E-state index contributed by atoms with van der Waals surface area (Å²) in [7, 11) is 1.56. The topological polar surface area (TPSA) is 147 Å². The Labute approximate surface area is 170 Å². The molecule has 9 nitrogen and oxygen atoms in total. The number of fused-ring (bicyclic) bond motifs is 5. The average Bonchev–Trinajstić information content (AvgIpc) is 3.35. The number of imide groups is 1. The summed E-state index contributed by atoms with van der Waals surface area (Å²) in [5.74, 6) is -0.301. The van der Waals surface area contributed by atoms with Crippen LogP contribution in [0, 0.1) is 0 Å². The lowest BCUT2D eigenvalue weighted by Crippen LogP contribution is -2.36. The van der Waals surface area contributed by atoms with Crippen LogP contribution in [0.25, 0.3) is 21.8 Å². The predicted octanol–water partition coefficient (Wildman–Crippen LogP) is 0.204. The van der Waals surface area contributed by atoms with Gasteiger partial charge in [-0.3, -0.25) is 14.9 Å². The number of rotatable bonds is 4. The van der Waals surface area contributed by atoms with Crippen LogP contribution in [0.4, 0.5) is 0 Å². The van der Waals surface area contributed by atoms with Gasteiger partial charge in [-0.2, -0.15) is 0 Å². The number of nitrogens with one attached hydrogen (secondary N) is 2. The zero-order chi connectivity index (χ0) is 21.2. The summed E-state index contributed by atoms with van der Waals surface area (Å²) < 4.78 is 11.1. The summed E-state index contributed by atoms with van der Waals surface area (Å²) >= 11 is 0. The third-order valence-electron chi connectivity index (χ3n) is 5.98. The maximum absolute atomic E-state index is 12.5. The van der Waals surface area contributed by atoms with E-state index in [1.54, 1.807) is 19.2 Å². The molecule has 3 aromatic rings. The number of carbonyl (C=O) groups is 2. The molecule has 1 fully saturated rings. The number of H-pyrrole nitrogens is 1. The van der Waals surface area contributed by atoms with Crippen LogP contribution in [0.5, 0.6) is 5.75 Å². The lowest BCUT2D eigenvalue weighted by atomic mass is 9.94. The molecular formula is C21H21N3O6. The lowest BCUT2D eigenvalue weighted by molar-refractivity contribution is 0.0134. The number of nitrogens with two attached hydrogens (primary N) is 1. The Hall–Kier alpha value is -2.98. The SMILES string of the molecule is COc1ccc2[nH]c3c(C[C@@H]4O[C@H](CN)[C@@H](O)[C@H]4O)cc4c(c3c2c1)C(=O)NC4=O. The molecule has 3 heterocycles. The van der Waals surface area contributed by atoms with Gasteiger partial charge in [0.2, 0.25) is 0 Å². The maximum atomic E-state index is 12.5. The largest absolute Gasteiger partial charge is 0.497 e. The molecule has 1 aromatic heterocycles. The van der Waals surface area contributed by atoms with E-state index >= 15 is 0 Å². The van der Waals surface area contributed by atoms with E-state index in [4.69, 9.17) is 15.2 Å². The van der Waals surface area contributed by atoms with Gasteiger partial charge in [-0.15, -0.1) is 0 Å². The van der Waals surface area contributed by atoms with Gasteiger partial charge in [0.15, 0.2) is 0 Å². The Balaban J connectivity index is 1.72. The molecule has 0 unspecified atom stereocenters. The van der Waals surface area contributed by atoms with E-state index in [0.717, 1.165) is 10.9 Å². The molecular weight excluding hydrogens is 390 g/mol. The third-order valence-corrected chi connectivity index (χ3v) is 5.98. The summed E-state index contributed by atoms with van der Waals surface area (Å²) in [6.07, 6.45) is -3.32. The van der Waals surface area contributed by atoms with E-state index in [1.807, 2.05) is 12.1 Å². The van der Waals surface area contributed by atoms with Crippen molar-refractivity contribution in [2.75, 3.05) is 13.7 Å². The van der Waals surface area contributed by atoms with Crippen molar-refractivity contribution >= 4 is 33.6 Å². The number of aliphatic hydroxyl groups is 2. The minimum absolute atomic E-state index is 0.0808. The minimum Gasteiger partial charge on any atom is -0.497 e. The van der Waals surface area contributed by atoms with Crippen molar-refractivity contribution in [3.05, 3.63) is 41.0 Å². The first-order valence-electron chi connectivity index (χ1n) is 9.65. The van der Waals surface area contributed by atoms with Crippen molar-refractivity contribution in [1.82, 2.24) is 10.3 Å². The summed E-state index contributed by atoms with van der Waals surface area (Å²) in [5, 5.41) is 24.2. The zero-order valence-corrected chi connectivity index (χ0v) is 16.1. The van der Waals surface area contributed by atoms with Gasteiger partial charge in [-0.25, -0.2) is 0 Å². The Morgan fingerprint density at radius 1 is 1.13 bits per heavy atom. The number of amides is 2. The number of methoxy groups -OCH3 is 1. The van der Waals surface area contributed by atoms with E-state index in [-0.39, 0.29) is 18.5 Å². The lowest BCUT2D eigenvalue weighted by Gasteiger charge is -2.16. The van der Waals surface area contributed by atoms with E-state index in [0.29, 0.717) is 27.8 Å². The molecule has 4 atom stereocenters. The van der Waals surface area contributed by atoms with Crippen LogP contribution in [-0.4, -0.2) is 65.1 Å². The molecule has 2 aromatic carbocycles. The molecule has 1 saturated heterocycles. The van der Waals surface area contributed by atoms with Gasteiger partial charge >= 0.3 is 0 Å². The van der Waals surface area contributed by atoms with Crippen molar-refractivity contribution in [1.29, 1.82) is 0 Å². The Morgan fingerprint density at radius 3 is 2.60 bits per heavy atom. The van der Waals surface area contributed by atoms with Gasteiger partial charge in [0.05, 0.1) is 36.0 Å².